The molecule has 2 aliphatic rings. The van der Waals surface area contributed by atoms with E-state index in [2.05, 4.69) is 22.0 Å². The maximum absolute atomic E-state index is 13.9. The molecule has 1 saturated heterocycles. The van der Waals surface area contributed by atoms with E-state index in [9.17, 15) is 9.59 Å². The van der Waals surface area contributed by atoms with Crippen molar-refractivity contribution in [1.29, 1.82) is 0 Å². The summed E-state index contributed by atoms with van der Waals surface area (Å²) in [7, 11) is 1.54. The third-order valence-electron chi connectivity index (χ3n) is 6.64. The number of allylic oxidation sites excluding steroid dienone is 1. The summed E-state index contributed by atoms with van der Waals surface area (Å²) in [5, 5.41) is 0.458. The van der Waals surface area contributed by atoms with Gasteiger partial charge in [-0.2, -0.15) is 0 Å². The Hall–Kier alpha value is -3.40. The fourth-order valence-corrected chi connectivity index (χ4v) is 6.05. The highest BCUT2D eigenvalue weighted by molar-refractivity contribution is 7.07. The Morgan fingerprint density at radius 2 is 1.90 bits per heavy atom. The molecule has 0 unspecified atom stereocenters. The highest BCUT2D eigenvalue weighted by Gasteiger charge is 2.35. The summed E-state index contributed by atoms with van der Waals surface area (Å²) in [6, 6.07) is 12.4. The molecule has 2 aliphatic heterocycles. The number of thiazole rings is 1. The zero-order valence-electron chi connectivity index (χ0n) is 22.3. The lowest BCUT2D eigenvalue weighted by molar-refractivity contribution is -0.143. The number of aromatic nitrogens is 1. The van der Waals surface area contributed by atoms with Crippen LogP contribution in [-0.4, -0.2) is 50.1 Å². The van der Waals surface area contributed by atoms with Gasteiger partial charge in [0, 0.05) is 29.4 Å². The number of esters is 1. The standard InChI is InChI=1S/C29H30ClN3O5S/c1-17(2)38-28(35)25-18(3)31-29-33(26(25)22-16-20(30)7-10-23(22)36-4)27(34)24(39-29)15-19-5-8-21(9-6-19)32-11-13-37-14-12-32/h5-10,15-17,26H,11-14H2,1-4H3/b24-15-/t26-/m1/s1. The summed E-state index contributed by atoms with van der Waals surface area (Å²) in [6.07, 6.45) is 1.51. The van der Waals surface area contributed by atoms with E-state index >= 15 is 0 Å². The van der Waals surface area contributed by atoms with Crippen LogP contribution in [0.1, 0.15) is 37.9 Å². The largest absolute Gasteiger partial charge is 0.496 e. The molecule has 1 atom stereocenters. The van der Waals surface area contributed by atoms with Gasteiger partial charge in [0.15, 0.2) is 4.80 Å². The summed E-state index contributed by atoms with van der Waals surface area (Å²) in [5.74, 6) is -0.0338. The number of carbonyl (C=O) groups is 1. The molecule has 5 rings (SSSR count). The van der Waals surface area contributed by atoms with Crippen LogP contribution in [0.5, 0.6) is 5.75 Å². The topological polar surface area (TPSA) is 82.4 Å². The number of hydrogen-bond acceptors (Lipinski definition) is 8. The van der Waals surface area contributed by atoms with Crippen molar-refractivity contribution in [2.75, 3.05) is 38.3 Å². The summed E-state index contributed by atoms with van der Waals surface area (Å²) >= 11 is 7.65. The van der Waals surface area contributed by atoms with Crippen molar-refractivity contribution >= 4 is 40.7 Å². The van der Waals surface area contributed by atoms with Crippen LogP contribution in [0.25, 0.3) is 6.08 Å². The van der Waals surface area contributed by atoms with Gasteiger partial charge in [0.05, 0.1) is 42.2 Å². The minimum atomic E-state index is -0.813. The lowest BCUT2D eigenvalue weighted by atomic mass is 9.95. The fourth-order valence-electron chi connectivity index (χ4n) is 4.83. The van der Waals surface area contributed by atoms with Gasteiger partial charge < -0.3 is 19.1 Å². The van der Waals surface area contributed by atoms with Gasteiger partial charge in [0.2, 0.25) is 0 Å². The molecule has 39 heavy (non-hydrogen) atoms. The zero-order chi connectivity index (χ0) is 27.7. The molecule has 3 aromatic rings. The monoisotopic (exact) mass is 567 g/mol. The van der Waals surface area contributed by atoms with Gasteiger partial charge in [0.1, 0.15) is 11.8 Å². The van der Waals surface area contributed by atoms with Crippen molar-refractivity contribution < 1.29 is 19.0 Å². The summed E-state index contributed by atoms with van der Waals surface area (Å²) in [5.41, 5.74) is 3.09. The second kappa shape index (κ2) is 11.4. The molecule has 1 fully saturated rings. The molecular formula is C29H30ClN3O5S. The first kappa shape index (κ1) is 27.2. The molecule has 8 nitrogen and oxygen atoms in total. The predicted octanol–water partition coefficient (Wildman–Crippen LogP) is 3.69. The highest BCUT2D eigenvalue weighted by Crippen LogP contribution is 2.37. The number of nitrogens with zero attached hydrogens (tertiary/aromatic N) is 3. The van der Waals surface area contributed by atoms with Crippen LogP contribution < -0.4 is 24.5 Å². The van der Waals surface area contributed by atoms with Gasteiger partial charge in [-0.3, -0.25) is 9.36 Å². The first-order valence-electron chi connectivity index (χ1n) is 12.8. The van der Waals surface area contributed by atoms with Crippen LogP contribution in [0.15, 0.2) is 63.5 Å². The normalized spacial score (nSPS) is 17.7. The molecular weight excluding hydrogens is 538 g/mol. The molecule has 0 saturated carbocycles. The molecule has 0 spiro atoms. The molecule has 3 heterocycles. The third kappa shape index (κ3) is 5.52. The Kier molecular flexibility index (Phi) is 7.93. The fraction of sp³-hybridized carbons (Fsp3) is 0.345. The van der Waals surface area contributed by atoms with Crippen molar-refractivity contribution in [3.05, 3.63) is 89.6 Å². The number of ether oxygens (including phenoxy) is 3. The van der Waals surface area contributed by atoms with Crippen molar-refractivity contribution in [1.82, 2.24) is 4.57 Å². The van der Waals surface area contributed by atoms with Crippen LogP contribution in [-0.2, 0) is 14.3 Å². The lowest BCUT2D eigenvalue weighted by Crippen LogP contribution is -2.40. The average Bonchev–Trinajstić information content (AvgIpc) is 3.22. The number of rotatable bonds is 6. The molecule has 0 N–H and O–H groups in total. The zero-order valence-corrected chi connectivity index (χ0v) is 23.8. The first-order chi connectivity index (χ1) is 18.8. The van der Waals surface area contributed by atoms with Crippen LogP contribution in [0, 0.1) is 0 Å². The van der Waals surface area contributed by atoms with E-state index in [0.29, 0.717) is 44.6 Å². The smallest absolute Gasteiger partial charge is 0.338 e. The minimum absolute atomic E-state index is 0.259. The van der Waals surface area contributed by atoms with Gasteiger partial charge in [-0.05, 0) is 62.7 Å². The number of benzene rings is 2. The predicted molar refractivity (Wildman–Crippen MR) is 152 cm³/mol. The number of methoxy groups -OCH3 is 1. The van der Waals surface area contributed by atoms with E-state index < -0.39 is 12.0 Å². The van der Waals surface area contributed by atoms with Crippen molar-refractivity contribution in [2.24, 2.45) is 4.99 Å². The highest BCUT2D eigenvalue weighted by atomic mass is 35.5. The second-order valence-electron chi connectivity index (χ2n) is 9.61. The number of hydrogen-bond donors (Lipinski definition) is 0. The van der Waals surface area contributed by atoms with Crippen LogP contribution >= 0.6 is 22.9 Å². The maximum Gasteiger partial charge on any atom is 0.338 e. The molecule has 204 valence electrons. The molecule has 2 aromatic carbocycles. The van der Waals surface area contributed by atoms with Gasteiger partial charge in [-0.25, -0.2) is 9.79 Å². The van der Waals surface area contributed by atoms with Crippen LogP contribution in [0.3, 0.4) is 0 Å². The quantitative estimate of drug-likeness (QED) is 0.423. The SMILES string of the molecule is COc1ccc(Cl)cc1[C@@H]1C(C(=O)OC(C)C)=C(C)N=c2s/c(=C\c3ccc(N4CCOCC4)cc3)c(=O)n21. The molecule has 0 aliphatic carbocycles. The molecule has 0 bridgehead atoms. The third-order valence-corrected chi connectivity index (χ3v) is 7.86. The van der Waals surface area contributed by atoms with E-state index in [1.54, 1.807) is 46.1 Å². The number of carbonyl (C=O) groups excluding carboxylic acids is 1. The van der Waals surface area contributed by atoms with Gasteiger partial charge >= 0.3 is 5.97 Å². The number of halogens is 1. The summed E-state index contributed by atoms with van der Waals surface area (Å²) in [6.45, 7) is 8.45. The Morgan fingerprint density at radius 1 is 1.18 bits per heavy atom. The van der Waals surface area contributed by atoms with E-state index in [0.717, 1.165) is 24.3 Å². The first-order valence-corrected chi connectivity index (χ1v) is 14.0. The van der Waals surface area contributed by atoms with Gasteiger partial charge in [-0.15, -0.1) is 0 Å². The van der Waals surface area contributed by atoms with E-state index in [1.807, 2.05) is 18.2 Å². The number of fused-ring (bicyclic) bond motifs is 1. The number of anilines is 1. The Balaban J connectivity index is 1.63. The molecule has 0 radical (unpaired) electrons. The molecule has 1 aromatic heterocycles. The van der Waals surface area contributed by atoms with Crippen molar-refractivity contribution in [3.8, 4) is 5.75 Å². The van der Waals surface area contributed by atoms with Crippen LogP contribution in [0.4, 0.5) is 5.69 Å². The minimum Gasteiger partial charge on any atom is -0.496 e. The van der Waals surface area contributed by atoms with Gasteiger partial charge in [-0.1, -0.05) is 35.1 Å². The Labute approximate surface area is 235 Å². The Morgan fingerprint density at radius 3 is 2.56 bits per heavy atom. The van der Waals surface area contributed by atoms with Crippen molar-refractivity contribution in [2.45, 2.75) is 32.9 Å². The summed E-state index contributed by atoms with van der Waals surface area (Å²) < 4.78 is 18.7. The van der Waals surface area contributed by atoms with E-state index in [1.165, 1.54) is 15.9 Å². The maximum atomic E-state index is 13.9. The van der Waals surface area contributed by atoms with E-state index in [4.69, 9.17) is 25.8 Å². The average molecular weight is 568 g/mol. The second-order valence-corrected chi connectivity index (χ2v) is 11.1. The molecule has 0 amide bonds. The lowest BCUT2D eigenvalue weighted by Gasteiger charge is -2.28. The van der Waals surface area contributed by atoms with Crippen molar-refractivity contribution in [3.63, 3.8) is 0 Å². The number of morpholine rings is 1. The van der Waals surface area contributed by atoms with Crippen LogP contribution in [0.2, 0.25) is 5.02 Å². The Bertz CT molecular complexity index is 1600. The van der Waals surface area contributed by atoms with Gasteiger partial charge in [0.25, 0.3) is 5.56 Å². The molecule has 10 heteroatoms. The van der Waals surface area contributed by atoms with E-state index in [-0.39, 0.29) is 17.2 Å². The summed E-state index contributed by atoms with van der Waals surface area (Å²) in [4.78, 5) is 34.7.